The van der Waals surface area contributed by atoms with Gasteiger partial charge in [-0.15, -0.1) is 34.0 Å². The Hall–Kier alpha value is -7.87. The number of ketones is 6. The van der Waals surface area contributed by atoms with Crippen LogP contribution in [-0.4, -0.2) is 105 Å². The van der Waals surface area contributed by atoms with Crippen molar-refractivity contribution in [1.82, 2.24) is 31.6 Å². The van der Waals surface area contributed by atoms with Crippen molar-refractivity contribution in [2.45, 2.75) is 165 Å². The molecule has 0 aliphatic carbocycles. The Kier molecular flexibility index (Phi) is 40.9. The number of Topliss-reactive ketones (excluding diaryl/α,β-unsaturated/α-hetero) is 6. The monoisotopic (exact) mass is 1400 g/mol. The molecule has 6 aromatic carbocycles. The number of hydrogen-bond donors (Lipinski definition) is 6. The molecule has 0 aliphatic rings. The molecule has 3 heterocycles. The Bertz CT molecular complexity index is 3680. The van der Waals surface area contributed by atoms with Gasteiger partial charge in [0.15, 0.2) is 0 Å². The van der Waals surface area contributed by atoms with Gasteiger partial charge >= 0.3 is 0 Å². The van der Waals surface area contributed by atoms with E-state index < -0.39 is 5.54 Å². The SMILES string of the molecule is C.CC.CC(=O)C(C)(C)N.CNC(Cc1ccc(-c2ccccc2)cc1)C(C)=O.CNC(Cc1ccc(-c2scnc2C)cc1)C(C)=O.CN[C@@H](Cc1ccc(-c2ccccc2)cc1)C(C)=O.CN[C@H](CC(C)=O)c1ccc(-c2sccc2C)cc1.CN[C@H](Cc1ccc(C)s1)C(C)=O. The summed E-state index contributed by atoms with van der Waals surface area (Å²) >= 11 is 5.17. The van der Waals surface area contributed by atoms with Gasteiger partial charge in [0.25, 0.3) is 0 Å². The van der Waals surface area contributed by atoms with Crippen LogP contribution < -0.4 is 32.3 Å². The second kappa shape index (κ2) is 46.5. The fourth-order valence-electron chi connectivity index (χ4n) is 9.81. The first-order valence-electron chi connectivity index (χ1n) is 33.4. The summed E-state index contributed by atoms with van der Waals surface area (Å²) < 4.78 is 0. The van der Waals surface area contributed by atoms with E-state index in [0.29, 0.717) is 6.42 Å². The van der Waals surface area contributed by atoms with Crippen molar-refractivity contribution >= 4 is 68.7 Å². The predicted octanol–water partition coefficient (Wildman–Crippen LogP) is 16.7. The van der Waals surface area contributed by atoms with E-state index in [1.165, 1.54) is 82.1 Å². The van der Waals surface area contributed by atoms with Gasteiger partial charge in [-0.3, -0.25) is 28.8 Å². The molecule has 9 aromatic rings. The van der Waals surface area contributed by atoms with Crippen LogP contribution in [0.4, 0.5) is 0 Å². The summed E-state index contributed by atoms with van der Waals surface area (Å²) in [6.07, 6.45) is 3.55. The van der Waals surface area contributed by atoms with Gasteiger partial charge < -0.3 is 32.3 Å². The summed E-state index contributed by atoms with van der Waals surface area (Å²) in [4.78, 5) is 76.3. The average molecular weight is 1400 g/mol. The Morgan fingerprint density at radius 3 is 1.09 bits per heavy atom. The van der Waals surface area contributed by atoms with Crippen molar-refractivity contribution in [2.24, 2.45) is 5.73 Å². The molecule has 0 bridgehead atoms. The number of hydrogen-bond acceptors (Lipinski definition) is 16. The molecule has 0 saturated heterocycles. The van der Waals surface area contributed by atoms with Crippen molar-refractivity contribution in [2.75, 3.05) is 35.2 Å². The zero-order valence-electron chi connectivity index (χ0n) is 61.0. The number of carbonyl (C=O) groups is 6. The molecule has 0 fully saturated rings. The van der Waals surface area contributed by atoms with E-state index in [1.54, 1.807) is 82.5 Å². The highest BCUT2D eigenvalue weighted by atomic mass is 32.1. The first-order chi connectivity index (χ1) is 46.7. The number of benzene rings is 6. The van der Waals surface area contributed by atoms with Crippen LogP contribution in [0.5, 0.6) is 0 Å². The summed E-state index contributed by atoms with van der Waals surface area (Å²) in [6, 6.07) is 60.4. The minimum Gasteiger partial charge on any atom is -0.319 e. The van der Waals surface area contributed by atoms with Crippen LogP contribution in [0.25, 0.3) is 43.1 Å². The lowest BCUT2D eigenvalue weighted by atomic mass is 9.99. The van der Waals surface area contributed by atoms with Crippen LogP contribution in [0.3, 0.4) is 0 Å². The minimum absolute atomic E-state index is 0. The van der Waals surface area contributed by atoms with Gasteiger partial charge in [-0.05, 0) is 215 Å². The van der Waals surface area contributed by atoms with Gasteiger partial charge in [-0.2, -0.15) is 0 Å². The Morgan fingerprint density at radius 1 is 0.444 bits per heavy atom. The number of nitrogens with zero attached hydrogens (tertiary/aromatic N) is 1. The Labute approximate surface area is 604 Å². The average Bonchev–Trinajstić information content (AvgIpc) is 1.77. The third kappa shape index (κ3) is 31.5. The molecule has 0 radical (unpaired) electrons. The summed E-state index contributed by atoms with van der Waals surface area (Å²) in [7, 11) is 9.19. The lowest BCUT2D eigenvalue weighted by molar-refractivity contribution is -0.121. The summed E-state index contributed by atoms with van der Waals surface area (Å²) in [5.41, 5.74) is 20.9. The Morgan fingerprint density at radius 2 is 0.798 bits per heavy atom. The number of aryl methyl sites for hydroxylation is 3. The molecule has 16 heteroatoms. The molecule has 532 valence electrons. The number of carbonyl (C=O) groups excluding carboxylic acids is 6. The van der Waals surface area contributed by atoms with Crippen LogP contribution in [0, 0.1) is 20.8 Å². The molecule has 0 saturated carbocycles. The fraction of sp³-hybridized carbons (Fsp3) is 0.361. The molecule has 0 amide bonds. The number of aromatic nitrogens is 1. The number of likely N-dealkylation sites (N-methyl/N-ethyl adjacent to an activating group) is 4. The van der Waals surface area contributed by atoms with E-state index in [2.05, 4.69) is 190 Å². The first kappa shape index (κ1) is 87.2. The summed E-state index contributed by atoms with van der Waals surface area (Å²) in [5.74, 6) is 0.952. The van der Waals surface area contributed by atoms with Crippen molar-refractivity contribution in [3.05, 3.63) is 230 Å². The molecule has 0 aliphatic heterocycles. The lowest BCUT2D eigenvalue weighted by Crippen LogP contribution is -2.39. The normalized spacial score (nSPS) is 11.9. The maximum absolute atomic E-state index is 11.4. The molecule has 13 nitrogen and oxygen atoms in total. The number of nitrogens with two attached hydrogens (primary N) is 1. The molecule has 2 unspecified atom stereocenters. The second-order valence-corrected chi connectivity index (χ2v) is 27.4. The van der Waals surface area contributed by atoms with Crippen LogP contribution >= 0.6 is 34.0 Å². The third-order valence-corrected chi connectivity index (χ3v) is 19.2. The predicted molar refractivity (Wildman–Crippen MR) is 423 cm³/mol. The first-order valence-corrected chi connectivity index (χ1v) is 35.9. The third-order valence-electron chi connectivity index (χ3n) is 16.1. The molecule has 3 aromatic heterocycles. The summed E-state index contributed by atoms with van der Waals surface area (Å²) in [5, 5.41) is 17.5. The van der Waals surface area contributed by atoms with Crippen molar-refractivity contribution in [3.8, 4) is 43.1 Å². The number of thiazole rings is 1. The van der Waals surface area contributed by atoms with Crippen molar-refractivity contribution in [1.29, 1.82) is 0 Å². The maximum atomic E-state index is 11.4. The highest BCUT2D eigenvalue weighted by Gasteiger charge is 2.18. The topological polar surface area (TPSA) is 201 Å². The Balaban J connectivity index is 0.000000409. The largest absolute Gasteiger partial charge is 0.319 e. The number of rotatable bonds is 25. The molecule has 5 atom stereocenters. The second-order valence-electron chi connectivity index (χ2n) is 24.3. The van der Waals surface area contributed by atoms with Crippen LogP contribution in [0.2, 0.25) is 0 Å². The lowest BCUT2D eigenvalue weighted by Gasteiger charge is -2.15. The quantitative estimate of drug-likeness (QED) is 0.0316. The zero-order valence-corrected chi connectivity index (χ0v) is 63.5. The van der Waals surface area contributed by atoms with E-state index >= 15 is 0 Å². The number of nitrogens with one attached hydrogen (secondary N) is 5. The van der Waals surface area contributed by atoms with Gasteiger partial charge in [-0.1, -0.05) is 179 Å². The van der Waals surface area contributed by atoms with Gasteiger partial charge in [0.2, 0.25) is 0 Å². The minimum atomic E-state index is -0.639. The number of thiophene rings is 2. The molecule has 9 rings (SSSR count). The van der Waals surface area contributed by atoms with E-state index in [4.69, 9.17) is 5.73 Å². The molecular formula is C83H111N7O6S3. The van der Waals surface area contributed by atoms with Gasteiger partial charge in [0.05, 0.1) is 45.8 Å². The smallest absolute Gasteiger partial charge is 0.149 e. The van der Waals surface area contributed by atoms with Crippen LogP contribution in [-0.2, 0) is 54.5 Å². The van der Waals surface area contributed by atoms with Gasteiger partial charge in [-0.25, -0.2) is 4.98 Å². The molecule has 0 spiro atoms. The maximum Gasteiger partial charge on any atom is 0.149 e. The van der Waals surface area contributed by atoms with Crippen molar-refractivity contribution in [3.63, 3.8) is 0 Å². The fourth-order valence-corrected chi connectivity index (χ4v) is 12.5. The molecule has 99 heavy (non-hydrogen) atoms. The van der Waals surface area contributed by atoms with E-state index in [1.807, 2.05) is 97.9 Å². The highest BCUT2D eigenvalue weighted by molar-refractivity contribution is 7.14. The zero-order chi connectivity index (χ0) is 72.9. The van der Waals surface area contributed by atoms with Crippen molar-refractivity contribution < 1.29 is 28.8 Å². The van der Waals surface area contributed by atoms with Crippen LogP contribution in [0.15, 0.2) is 187 Å². The van der Waals surface area contributed by atoms with E-state index in [9.17, 15) is 28.8 Å². The van der Waals surface area contributed by atoms with E-state index in [-0.39, 0.29) is 72.3 Å². The highest BCUT2D eigenvalue weighted by Crippen LogP contribution is 2.31. The molecular weight excluding hydrogens is 1290 g/mol. The van der Waals surface area contributed by atoms with E-state index in [0.717, 1.165) is 36.9 Å². The van der Waals surface area contributed by atoms with Gasteiger partial charge in [0, 0.05) is 33.5 Å². The van der Waals surface area contributed by atoms with Gasteiger partial charge in [0.1, 0.15) is 34.7 Å². The molecule has 7 N–H and O–H groups in total. The summed E-state index contributed by atoms with van der Waals surface area (Å²) in [6.45, 7) is 23.2. The standard InChI is InChI=1S/2C17H19NO.C16H19NOS.C15H18N2OS.C10H15NOS.C5H11NO.C2H6.CH4/c2*1-13(19)17(18-2)12-14-8-10-16(11-9-14)15-6-4-3-5-7-15;1-11-8-9-19-16(11)14-6-4-13(5-7-14)15(17-3)10-12(2)18;1-10-15(19-9-17-10)13-6-4-12(5-7-13)8-14(16-3)11(2)18;1-7-4-5-9(13-7)6-10(11-3)8(2)12;1-4(7)5(2,3)6;1-2;/h2*3-11,17-18H,12H2,1-2H3;4-9,15,17H,10H2,1-3H3;4-7,9,14,16H,8H2,1-3H3;4-5,10-11H,6H2,1-3H3;6H2,1-3H3;1-2H3;1H4/t17-;;15-;;10-;;;/m0.1.1.../s1. The van der Waals surface area contributed by atoms with Crippen LogP contribution in [0.1, 0.15) is 132 Å².